The van der Waals surface area contributed by atoms with Gasteiger partial charge in [0.1, 0.15) is 0 Å². The van der Waals surface area contributed by atoms with E-state index in [0.717, 1.165) is 13.1 Å². The van der Waals surface area contributed by atoms with E-state index >= 15 is 0 Å². The second-order valence-corrected chi connectivity index (χ2v) is 9.11. The zero-order valence-corrected chi connectivity index (χ0v) is 17.1. The van der Waals surface area contributed by atoms with Gasteiger partial charge in [0, 0.05) is 16.3 Å². The molecular formula is C12H11BrI3N. The Balaban J connectivity index is 0.00000144. The lowest BCUT2D eigenvalue weighted by Crippen LogP contribution is -2.21. The number of halogens is 4. The minimum atomic E-state index is 0. The van der Waals surface area contributed by atoms with E-state index in [2.05, 4.69) is 109 Å². The molecule has 0 aromatic heterocycles. The lowest BCUT2D eigenvalue weighted by Gasteiger charge is -2.25. The maximum Gasteiger partial charge on any atom is 0.0624 e. The molecule has 1 heterocycles. The fourth-order valence-electron chi connectivity index (χ4n) is 1.64. The largest absolute Gasteiger partial charge is 0.368 e. The molecule has 1 aliphatic rings. The van der Waals surface area contributed by atoms with E-state index in [4.69, 9.17) is 0 Å². The maximum absolute atomic E-state index is 2.42. The summed E-state index contributed by atoms with van der Waals surface area (Å²) in [5.74, 6) is 0. The zero-order chi connectivity index (χ0) is 11.5. The van der Waals surface area contributed by atoms with E-state index in [9.17, 15) is 0 Å². The first kappa shape index (κ1) is 16.2. The van der Waals surface area contributed by atoms with Gasteiger partial charge in [-0.3, -0.25) is 0 Å². The van der Waals surface area contributed by atoms with Gasteiger partial charge in [-0.15, -0.1) is 17.0 Å². The van der Waals surface area contributed by atoms with E-state index < -0.39 is 0 Å². The quantitative estimate of drug-likeness (QED) is 0.390. The van der Waals surface area contributed by atoms with Crippen LogP contribution in [0.25, 0.3) is 6.08 Å². The van der Waals surface area contributed by atoms with Gasteiger partial charge in [0.15, 0.2) is 0 Å². The summed E-state index contributed by atoms with van der Waals surface area (Å²) >= 11 is 7.17. The highest BCUT2D eigenvalue weighted by Gasteiger charge is 2.11. The molecule has 0 saturated carbocycles. The van der Waals surface area contributed by atoms with Crippen LogP contribution in [0, 0.1) is 0 Å². The fraction of sp³-hybridized carbons (Fsp3) is 0.167. The summed E-state index contributed by atoms with van der Waals surface area (Å²) < 4.78 is 2.76. The molecule has 0 saturated heterocycles. The first-order valence-corrected chi connectivity index (χ1v) is 8.10. The van der Waals surface area contributed by atoms with E-state index in [1.165, 1.54) is 16.3 Å². The molecular weight excluding hydrogens is 619 g/mol. The van der Waals surface area contributed by atoms with E-state index in [0.29, 0.717) is 0 Å². The zero-order valence-electron chi connectivity index (χ0n) is 8.87. The average Bonchev–Trinajstić information content (AvgIpc) is 2.28. The van der Waals surface area contributed by atoms with E-state index in [1.807, 2.05) is 0 Å². The van der Waals surface area contributed by atoms with E-state index in [-0.39, 0.29) is 17.0 Å². The smallest absolute Gasteiger partial charge is 0.0624 e. The van der Waals surface area contributed by atoms with Crippen molar-refractivity contribution in [3.63, 3.8) is 0 Å². The number of benzene rings is 1. The van der Waals surface area contributed by atoms with Gasteiger partial charge in [-0.2, -0.15) is 0 Å². The Labute approximate surface area is 153 Å². The predicted molar refractivity (Wildman–Crippen MR) is 105 cm³/mol. The fourth-order valence-corrected chi connectivity index (χ4v) is 2.42. The lowest BCUT2D eigenvalue weighted by atomic mass is 10.0. The summed E-state index contributed by atoms with van der Waals surface area (Å²) in [6, 6.07) is 8.58. The van der Waals surface area contributed by atoms with Crippen LogP contribution in [0.1, 0.15) is 11.1 Å². The molecule has 0 fully saturated rings. The van der Waals surface area contributed by atoms with Crippen LogP contribution in [0.5, 0.6) is 0 Å². The Kier molecular flexibility index (Phi) is 7.33. The molecule has 0 aliphatic carbocycles. The summed E-state index contributed by atoms with van der Waals surface area (Å²) in [4.78, 5) is 2.35. The van der Waals surface area contributed by atoms with Gasteiger partial charge in [0.25, 0.3) is 0 Å². The molecule has 1 aromatic carbocycles. The van der Waals surface area contributed by atoms with E-state index in [1.54, 1.807) is 0 Å². The highest BCUT2D eigenvalue weighted by atomic mass is 127. The molecule has 5 heteroatoms. The van der Waals surface area contributed by atoms with Gasteiger partial charge < -0.3 is 4.90 Å². The molecule has 0 amide bonds. The summed E-state index contributed by atoms with van der Waals surface area (Å²) in [6.45, 7) is 2.02. The SMILES string of the molecule is Br.IC(I)=C(I)CN1C=Cc2ccccc2C1. The van der Waals surface area contributed by atoms with Crippen LogP contribution in [0.2, 0.25) is 0 Å². The molecule has 17 heavy (non-hydrogen) atoms. The highest BCUT2D eigenvalue weighted by molar-refractivity contribution is 14.2. The Morgan fingerprint density at radius 2 is 1.88 bits per heavy atom. The van der Waals surface area contributed by atoms with Crippen LogP contribution < -0.4 is 0 Å². The van der Waals surface area contributed by atoms with Crippen molar-refractivity contribution in [2.75, 3.05) is 6.54 Å². The van der Waals surface area contributed by atoms with Crippen molar-refractivity contribution in [2.45, 2.75) is 6.54 Å². The Morgan fingerprint density at radius 3 is 2.59 bits per heavy atom. The second-order valence-electron chi connectivity index (χ2n) is 3.58. The number of rotatable bonds is 2. The number of nitrogens with zero attached hydrogens (tertiary/aromatic N) is 1. The van der Waals surface area contributed by atoms with Crippen LogP contribution in [-0.2, 0) is 6.54 Å². The first-order valence-electron chi connectivity index (χ1n) is 4.86. The topological polar surface area (TPSA) is 3.24 Å². The van der Waals surface area contributed by atoms with Gasteiger partial charge in [-0.25, -0.2) is 0 Å². The Bertz CT molecular complexity index is 453. The normalized spacial score (nSPS) is 12.8. The molecule has 1 aromatic rings. The minimum absolute atomic E-state index is 0. The first-order chi connectivity index (χ1) is 7.66. The summed E-state index contributed by atoms with van der Waals surface area (Å²) in [7, 11) is 0. The predicted octanol–water partition coefficient (Wildman–Crippen LogP) is 5.52. The van der Waals surface area contributed by atoms with Gasteiger partial charge in [-0.05, 0) is 85.0 Å². The Hall–Kier alpha value is 1.17. The van der Waals surface area contributed by atoms with Crippen molar-refractivity contribution in [1.82, 2.24) is 4.90 Å². The van der Waals surface area contributed by atoms with Crippen molar-refractivity contribution in [2.24, 2.45) is 0 Å². The summed E-state index contributed by atoms with van der Waals surface area (Å²) in [6.07, 6.45) is 4.39. The molecule has 0 bridgehead atoms. The van der Waals surface area contributed by atoms with Gasteiger partial charge in [0.05, 0.1) is 8.13 Å². The minimum Gasteiger partial charge on any atom is -0.368 e. The van der Waals surface area contributed by atoms with Crippen LogP contribution in [0.4, 0.5) is 0 Å². The van der Waals surface area contributed by atoms with Crippen LogP contribution in [0.3, 0.4) is 0 Å². The van der Waals surface area contributed by atoms with Crippen molar-refractivity contribution >= 4 is 90.8 Å². The molecule has 0 unspecified atom stereocenters. The number of hydrogen-bond donors (Lipinski definition) is 0. The van der Waals surface area contributed by atoms with Crippen LogP contribution in [0.15, 0.2) is 35.6 Å². The molecule has 0 atom stereocenters. The number of fused-ring (bicyclic) bond motifs is 1. The van der Waals surface area contributed by atoms with Gasteiger partial charge >= 0.3 is 0 Å². The third-order valence-electron chi connectivity index (χ3n) is 2.44. The third-order valence-corrected chi connectivity index (χ3v) is 6.69. The molecule has 2 rings (SSSR count). The molecule has 0 radical (unpaired) electrons. The Morgan fingerprint density at radius 1 is 1.18 bits per heavy atom. The lowest BCUT2D eigenvalue weighted by molar-refractivity contribution is 0.405. The summed E-state index contributed by atoms with van der Waals surface area (Å²) in [5.41, 5.74) is 2.76. The molecule has 1 nitrogen and oxygen atoms in total. The highest BCUT2D eigenvalue weighted by Crippen LogP contribution is 2.28. The monoisotopic (exact) mass is 629 g/mol. The number of hydrogen-bond acceptors (Lipinski definition) is 1. The van der Waals surface area contributed by atoms with Crippen molar-refractivity contribution < 1.29 is 0 Å². The molecule has 92 valence electrons. The van der Waals surface area contributed by atoms with Crippen molar-refractivity contribution in [1.29, 1.82) is 0 Å². The van der Waals surface area contributed by atoms with Crippen LogP contribution in [-0.4, -0.2) is 11.4 Å². The van der Waals surface area contributed by atoms with Gasteiger partial charge in [0.2, 0.25) is 0 Å². The van der Waals surface area contributed by atoms with Crippen molar-refractivity contribution in [3.05, 3.63) is 46.8 Å². The van der Waals surface area contributed by atoms with Gasteiger partial charge in [-0.1, -0.05) is 24.3 Å². The summed E-state index contributed by atoms with van der Waals surface area (Å²) in [5, 5.41) is 0. The third kappa shape index (κ3) is 4.64. The second kappa shape index (κ2) is 7.68. The standard InChI is InChI=1S/C12H10I3N.BrH/c13-11(12(14)15)8-16-6-5-9-3-1-2-4-10(9)7-16;/h1-6H,7-8H2;1H. The molecule has 0 spiro atoms. The van der Waals surface area contributed by atoms with Crippen LogP contribution >= 0.6 is 84.8 Å². The maximum atomic E-state index is 2.42. The molecule has 0 N–H and O–H groups in total. The average molecular weight is 630 g/mol. The molecule has 1 aliphatic heterocycles. The van der Waals surface area contributed by atoms with Crippen molar-refractivity contribution in [3.8, 4) is 0 Å².